The smallest absolute Gasteiger partial charge is 0.275 e. The minimum Gasteiger partial charge on any atom is -0.343 e. The number of carbonyl (C=O) groups excluding carboxylic acids is 1. The maximum Gasteiger partial charge on any atom is 0.275 e. The van der Waals surface area contributed by atoms with Crippen LogP contribution in [0.15, 0.2) is 41.0 Å². The summed E-state index contributed by atoms with van der Waals surface area (Å²) < 4.78 is 3.24. The van der Waals surface area contributed by atoms with Crippen molar-refractivity contribution >= 4 is 44.1 Å². The van der Waals surface area contributed by atoms with Gasteiger partial charge in [0.15, 0.2) is 0 Å². The van der Waals surface area contributed by atoms with Crippen LogP contribution in [0.25, 0.3) is 10.9 Å². The zero-order chi connectivity index (χ0) is 15.0. The average molecular weight is 364 g/mol. The third-order valence-corrected chi connectivity index (χ3v) is 5.04. The molecule has 0 radical (unpaired) electrons. The summed E-state index contributed by atoms with van der Waals surface area (Å²) in [6.45, 7) is 2.76. The molecule has 0 unspecified atom stereocenters. The molecular formula is C15H14BrN3OS. The van der Waals surface area contributed by atoms with E-state index in [-0.39, 0.29) is 5.91 Å². The van der Waals surface area contributed by atoms with Crippen LogP contribution in [0.4, 0.5) is 0 Å². The first kappa shape index (κ1) is 14.3. The molecule has 0 aliphatic carbocycles. The Kier molecular flexibility index (Phi) is 3.84. The summed E-state index contributed by atoms with van der Waals surface area (Å²) >= 11 is 4.97. The Hall–Kier alpha value is -1.63. The minimum atomic E-state index is -0.241. The molecule has 3 aromatic rings. The van der Waals surface area contributed by atoms with Gasteiger partial charge in [0, 0.05) is 27.6 Å². The van der Waals surface area contributed by atoms with Crippen LogP contribution in [0.5, 0.6) is 0 Å². The van der Waals surface area contributed by atoms with Crippen LogP contribution >= 0.6 is 27.3 Å². The van der Waals surface area contributed by atoms with Crippen molar-refractivity contribution in [2.75, 3.05) is 0 Å². The molecule has 108 valence electrons. The highest BCUT2D eigenvalue weighted by Gasteiger charge is 2.12. The van der Waals surface area contributed by atoms with Gasteiger partial charge in [0.25, 0.3) is 5.91 Å². The Labute approximate surface area is 134 Å². The summed E-state index contributed by atoms with van der Waals surface area (Å²) in [6.07, 6.45) is 2.07. The summed E-state index contributed by atoms with van der Waals surface area (Å²) in [5.74, 6) is 4.95. The van der Waals surface area contributed by atoms with E-state index in [1.807, 2.05) is 19.1 Å². The van der Waals surface area contributed by atoms with Crippen molar-refractivity contribution < 1.29 is 4.79 Å². The summed E-state index contributed by atoms with van der Waals surface area (Å²) in [4.78, 5) is 13.4. The second-order valence-electron chi connectivity index (χ2n) is 4.81. The molecular weight excluding hydrogens is 350 g/mol. The number of amides is 1. The third kappa shape index (κ3) is 2.74. The summed E-state index contributed by atoms with van der Waals surface area (Å²) in [5.41, 5.74) is 4.48. The van der Waals surface area contributed by atoms with Gasteiger partial charge in [-0.3, -0.25) is 10.2 Å². The number of nitrogens with zero attached hydrogens (tertiary/aromatic N) is 1. The molecule has 2 aromatic heterocycles. The highest BCUT2D eigenvalue weighted by atomic mass is 79.9. The first-order valence-corrected chi connectivity index (χ1v) is 8.04. The molecule has 0 aliphatic heterocycles. The van der Waals surface area contributed by atoms with E-state index in [1.165, 1.54) is 22.2 Å². The SMILES string of the molecule is Cc1sc(C(=O)NN)cc1Cn1ccc2ccc(Br)cc21. The highest BCUT2D eigenvalue weighted by molar-refractivity contribution is 9.10. The number of nitrogen functional groups attached to an aromatic ring is 1. The Morgan fingerprint density at radius 3 is 2.95 bits per heavy atom. The van der Waals surface area contributed by atoms with Crippen LogP contribution in [0, 0.1) is 6.92 Å². The Balaban J connectivity index is 1.97. The van der Waals surface area contributed by atoms with E-state index in [0.717, 1.165) is 21.5 Å². The van der Waals surface area contributed by atoms with Crippen LogP contribution in [-0.4, -0.2) is 10.5 Å². The number of benzene rings is 1. The second kappa shape index (κ2) is 5.63. The molecule has 4 nitrogen and oxygen atoms in total. The van der Waals surface area contributed by atoms with Crippen LogP contribution in [0.1, 0.15) is 20.1 Å². The number of aromatic nitrogens is 1. The number of hydrogen-bond donors (Lipinski definition) is 2. The van der Waals surface area contributed by atoms with Crippen LogP contribution < -0.4 is 11.3 Å². The number of carbonyl (C=O) groups is 1. The predicted octanol–water partition coefficient (Wildman–Crippen LogP) is 3.43. The van der Waals surface area contributed by atoms with Gasteiger partial charge < -0.3 is 4.57 Å². The van der Waals surface area contributed by atoms with Gasteiger partial charge >= 0.3 is 0 Å². The average Bonchev–Trinajstić information content (AvgIpc) is 3.03. The standard InChI is InChI=1S/C15H14BrN3OS/c1-9-11(6-14(21-9)15(20)18-17)8-19-5-4-10-2-3-12(16)7-13(10)19/h2-7H,8,17H2,1H3,(H,18,20). The van der Waals surface area contributed by atoms with Gasteiger partial charge in [-0.1, -0.05) is 22.0 Å². The van der Waals surface area contributed by atoms with Gasteiger partial charge in [-0.25, -0.2) is 5.84 Å². The molecule has 3 N–H and O–H groups in total. The topological polar surface area (TPSA) is 60.1 Å². The van der Waals surface area contributed by atoms with Crippen molar-refractivity contribution in [1.29, 1.82) is 0 Å². The van der Waals surface area contributed by atoms with E-state index in [0.29, 0.717) is 4.88 Å². The molecule has 0 spiro atoms. The molecule has 6 heteroatoms. The Bertz CT molecular complexity index is 822. The summed E-state index contributed by atoms with van der Waals surface area (Å²) in [7, 11) is 0. The molecule has 3 rings (SSSR count). The number of thiophene rings is 1. The van der Waals surface area contributed by atoms with E-state index < -0.39 is 0 Å². The molecule has 2 heterocycles. The second-order valence-corrected chi connectivity index (χ2v) is 6.98. The number of fused-ring (bicyclic) bond motifs is 1. The van der Waals surface area contributed by atoms with Crippen molar-refractivity contribution in [1.82, 2.24) is 9.99 Å². The fraction of sp³-hybridized carbons (Fsp3) is 0.133. The number of nitrogens with two attached hydrogens (primary N) is 1. The monoisotopic (exact) mass is 363 g/mol. The molecule has 1 amide bonds. The molecule has 21 heavy (non-hydrogen) atoms. The molecule has 0 fully saturated rings. The van der Waals surface area contributed by atoms with Crippen molar-refractivity contribution in [3.8, 4) is 0 Å². The van der Waals surface area contributed by atoms with E-state index >= 15 is 0 Å². The Morgan fingerprint density at radius 2 is 2.19 bits per heavy atom. The lowest BCUT2D eigenvalue weighted by Gasteiger charge is -2.05. The van der Waals surface area contributed by atoms with Crippen LogP contribution in [0.3, 0.4) is 0 Å². The number of halogens is 1. The van der Waals surface area contributed by atoms with Crippen molar-refractivity contribution in [3.05, 3.63) is 56.3 Å². The first-order chi connectivity index (χ1) is 10.1. The molecule has 0 atom stereocenters. The highest BCUT2D eigenvalue weighted by Crippen LogP contribution is 2.26. The van der Waals surface area contributed by atoms with E-state index in [2.05, 4.69) is 50.3 Å². The number of nitrogens with one attached hydrogen (secondary N) is 1. The number of rotatable bonds is 3. The third-order valence-electron chi connectivity index (χ3n) is 3.45. The lowest BCUT2D eigenvalue weighted by Crippen LogP contribution is -2.29. The predicted molar refractivity (Wildman–Crippen MR) is 89.4 cm³/mol. The maximum atomic E-state index is 11.6. The quantitative estimate of drug-likeness (QED) is 0.425. The maximum absolute atomic E-state index is 11.6. The van der Waals surface area contributed by atoms with E-state index in [9.17, 15) is 4.79 Å². The zero-order valence-corrected chi connectivity index (χ0v) is 13.8. The van der Waals surface area contributed by atoms with Gasteiger partial charge in [-0.2, -0.15) is 0 Å². The molecule has 0 aliphatic rings. The number of hydrazine groups is 1. The van der Waals surface area contributed by atoms with E-state index in [4.69, 9.17) is 5.84 Å². The zero-order valence-electron chi connectivity index (χ0n) is 11.4. The minimum absolute atomic E-state index is 0.241. The molecule has 1 aromatic carbocycles. The van der Waals surface area contributed by atoms with Gasteiger partial charge in [0.2, 0.25) is 0 Å². The number of aryl methyl sites for hydroxylation is 1. The fourth-order valence-corrected chi connectivity index (χ4v) is 3.62. The largest absolute Gasteiger partial charge is 0.343 e. The summed E-state index contributed by atoms with van der Waals surface area (Å²) in [5, 5.41) is 1.20. The molecule has 0 saturated carbocycles. The molecule has 0 bridgehead atoms. The normalized spacial score (nSPS) is 11.0. The Morgan fingerprint density at radius 1 is 1.38 bits per heavy atom. The number of hydrogen-bond acceptors (Lipinski definition) is 3. The lowest BCUT2D eigenvalue weighted by molar-refractivity contribution is 0.0957. The fourth-order valence-electron chi connectivity index (χ4n) is 2.34. The lowest BCUT2D eigenvalue weighted by atomic mass is 10.2. The van der Waals surface area contributed by atoms with E-state index in [1.54, 1.807) is 0 Å². The first-order valence-electron chi connectivity index (χ1n) is 6.43. The van der Waals surface area contributed by atoms with Crippen LogP contribution in [-0.2, 0) is 6.54 Å². The summed E-state index contributed by atoms with van der Waals surface area (Å²) in [6, 6.07) is 10.2. The van der Waals surface area contributed by atoms with Gasteiger partial charge in [0.1, 0.15) is 0 Å². The van der Waals surface area contributed by atoms with Crippen molar-refractivity contribution in [2.45, 2.75) is 13.5 Å². The van der Waals surface area contributed by atoms with Gasteiger partial charge in [0.05, 0.1) is 4.88 Å². The molecule has 0 saturated heterocycles. The van der Waals surface area contributed by atoms with Gasteiger partial charge in [-0.15, -0.1) is 11.3 Å². The van der Waals surface area contributed by atoms with Crippen molar-refractivity contribution in [3.63, 3.8) is 0 Å². The van der Waals surface area contributed by atoms with Crippen LogP contribution in [0.2, 0.25) is 0 Å². The van der Waals surface area contributed by atoms with Crippen molar-refractivity contribution in [2.24, 2.45) is 5.84 Å². The van der Waals surface area contributed by atoms with Gasteiger partial charge in [-0.05, 0) is 42.1 Å².